The first-order valence-corrected chi connectivity index (χ1v) is 9.33. The van der Waals surface area contributed by atoms with Crippen LogP contribution in [0.5, 0.6) is 0 Å². The molecule has 2 atom stereocenters. The lowest BCUT2D eigenvalue weighted by molar-refractivity contribution is -0.530. The van der Waals surface area contributed by atoms with Gasteiger partial charge in [-0.05, 0) is 31.8 Å². The van der Waals surface area contributed by atoms with Gasteiger partial charge in [-0.3, -0.25) is 10.1 Å². The minimum Gasteiger partial charge on any atom is -0.382 e. The van der Waals surface area contributed by atoms with Crippen LogP contribution in [0.15, 0.2) is 72.9 Å². The van der Waals surface area contributed by atoms with Crippen LogP contribution in [-0.2, 0) is 4.79 Å². The van der Waals surface area contributed by atoms with Crippen LogP contribution in [-0.4, -0.2) is 28.5 Å². The molecule has 5 nitrogen and oxygen atoms in total. The molecule has 0 aliphatic carbocycles. The lowest BCUT2D eigenvalue weighted by Crippen LogP contribution is -2.31. The van der Waals surface area contributed by atoms with E-state index in [0.717, 1.165) is 25.5 Å². The van der Waals surface area contributed by atoms with Crippen LogP contribution in [0, 0.1) is 10.1 Å². The summed E-state index contributed by atoms with van der Waals surface area (Å²) < 4.78 is 0. The first-order valence-electron chi connectivity index (χ1n) is 9.33. The van der Waals surface area contributed by atoms with Gasteiger partial charge in [0.05, 0.1) is 0 Å². The summed E-state index contributed by atoms with van der Waals surface area (Å²) in [4.78, 5) is 20.8. The van der Waals surface area contributed by atoms with Gasteiger partial charge < -0.3 is 9.90 Å². The summed E-state index contributed by atoms with van der Waals surface area (Å²) in [5.74, 6) is 0. The molecule has 0 saturated carbocycles. The molecule has 0 aliphatic heterocycles. The van der Waals surface area contributed by atoms with Crippen molar-refractivity contribution >= 4 is 6.29 Å². The van der Waals surface area contributed by atoms with Crippen molar-refractivity contribution in [2.45, 2.75) is 57.6 Å². The molecule has 0 aromatic carbocycles. The highest BCUT2D eigenvalue weighted by molar-refractivity contribution is 5.49. The Balaban J connectivity index is 4.24. The van der Waals surface area contributed by atoms with E-state index in [0.29, 0.717) is 12.8 Å². The molecule has 0 spiro atoms. The molecule has 0 radical (unpaired) electrons. The predicted molar refractivity (Wildman–Crippen MR) is 111 cm³/mol. The molecule has 0 aliphatic rings. The van der Waals surface area contributed by atoms with E-state index in [1.54, 1.807) is 24.3 Å². The smallest absolute Gasteiger partial charge is 0.245 e. The van der Waals surface area contributed by atoms with E-state index in [9.17, 15) is 20.0 Å². The molecule has 0 aromatic heterocycles. The van der Waals surface area contributed by atoms with Gasteiger partial charge in [0, 0.05) is 17.8 Å². The third-order valence-electron chi connectivity index (χ3n) is 3.55. The van der Waals surface area contributed by atoms with E-state index < -0.39 is 17.1 Å². The van der Waals surface area contributed by atoms with Crippen LogP contribution >= 0.6 is 0 Å². The highest BCUT2D eigenvalue weighted by Crippen LogP contribution is 2.07. The van der Waals surface area contributed by atoms with Crippen LogP contribution in [0.25, 0.3) is 0 Å². The zero-order valence-corrected chi connectivity index (χ0v) is 16.0. The van der Waals surface area contributed by atoms with Crippen LogP contribution in [0.4, 0.5) is 0 Å². The monoisotopic (exact) mass is 373 g/mol. The lowest BCUT2D eigenvalue weighted by atomic mass is 10.1. The molecule has 0 saturated heterocycles. The van der Waals surface area contributed by atoms with Gasteiger partial charge in [-0.2, -0.15) is 0 Å². The van der Waals surface area contributed by atoms with Crippen LogP contribution < -0.4 is 0 Å². The van der Waals surface area contributed by atoms with Crippen molar-refractivity contribution in [2.24, 2.45) is 0 Å². The maximum atomic E-state index is 11.1. The van der Waals surface area contributed by atoms with E-state index in [4.69, 9.17) is 0 Å². The number of nitro groups is 1. The minimum atomic E-state index is -1.16. The van der Waals surface area contributed by atoms with Crippen molar-refractivity contribution in [1.29, 1.82) is 0 Å². The molecular weight excluding hydrogens is 342 g/mol. The fourth-order valence-electron chi connectivity index (χ4n) is 2.07. The number of nitrogens with zero attached hydrogens (tertiary/aromatic N) is 1. The summed E-state index contributed by atoms with van der Waals surface area (Å²) in [6.45, 7) is 2.11. The Kier molecular flexibility index (Phi) is 16.6. The van der Waals surface area contributed by atoms with Crippen molar-refractivity contribution in [1.82, 2.24) is 0 Å². The topological polar surface area (TPSA) is 80.4 Å². The Bertz CT molecular complexity index is 571. The third-order valence-corrected chi connectivity index (χ3v) is 3.55. The number of unbranched alkanes of at least 4 members (excludes halogenated alkanes) is 1. The molecule has 0 fully saturated rings. The van der Waals surface area contributed by atoms with Crippen LogP contribution in [0.2, 0.25) is 0 Å². The minimum absolute atomic E-state index is 0.126. The third kappa shape index (κ3) is 15.4. The molecule has 5 heteroatoms. The summed E-state index contributed by atoms with van der Waals surface area (Å²) in [6.07, 6.45) is 25.9. The summed E-state index contributed by atoms with van der Waals surface area (Å²) in [5, 5.41) is 21.0. The number of carbonyl (C=O) groups is 1. The first-order chi connectivity index (χ1) is 13.1. The summed E-state index contributed by atoms with van der Waals surface area (Å²) in [5.41, 5.74) is 0. The fourth-order valence-corrected chi connectivity index (χ4v) is 2.07. The molecule has 0 bridgehead atoms. The predicted octanol–water partition coefficient (Wildman–Crippen LogP) is 4.89. The van der Waals surface area contributed by atoms with Gasteiger partial charge in [0.25, 0.3) is 0 Å². The van der Waals surface area contributed by atoms with Gasteiger partial charge in [-0.1, -0.05) is 73.8 Å². The van der Waals surface area contributed by atoms with Crippen molar-refractivity contribution < 1.29 is 14.8 Å². The zero-order chi connectivity index (χ0) is 20.2. The van der Waals surface area contributed by atoms with Crippen molar-refractivity contribution in [3.8, 4) is 0 Å². The van der Waals surface area contributed by atoms with Crippen molar-refractivity contribution in [3.63, 3.8) is 0 Å². The van der Waals surface area contributed by atoms with E-state index in [1.165, 1.54) is 6.08 Å². The second kappa shape index (κ2) is 18.3. The second-order valence-corrected chi connectivity index (χ2v) is 5.81. The highest BCUT2D eigenvalue weighted by Gasteiger charge is 2.25. The van der Waals surface area contributed by atoms with Crippen LogP contribution in [0.1, 0.15) is 45.4 Å². The summed E-state index contributed by atoms with van der Waals surface area (Å²) in [6, 6.07) is -1.09. The lowest BCUT2D eigenvalue weighted by Gasteiger charge is -2.10. The Hall–Kier alpha value is -2.53. The largest absolute Gasteiger partial charge is 0.382 e. The average Bonchev–Trinajstić information content (AvgIpc) is 2.65. The fraction of sp³-hybridized carbons (Fsp3) is 0.409. The maximum Gasteiger partial charge on any atom is 0.245 e. The average molecular weight is 373 g/mol. The number of hydrogen-bond donors (Lipinski definition) is 1. The number of aliphatic hydroxyl groups excluding tert-OH is 1. The SMILES string of the molecule is CC/C=C\C/C=C\C\C=C/C=C\C=C/C(O)C(C/C=C\CCC=O)[N+](=O)[O-]. The Labute approximate surface area is 162 Å². The standard InChI is InChI=1S/C22H31NO4/c1-2-3-4-5-6-7-8-9-10-11-12-16-19-22(25)21(23(26)27)18-15-13-14-17-20-24/h3-4,6-7,9-13,15-16,19-22,25H,2,5,8,14,17-18H2,1H3/b4-3-,7-6-,10-9-,12-11-,15-13-,19-16-. The van der Waals surface area contributed by atoms with E-state index in [2.05, 4.69) is 31.2 Å². The number of aliphatic hydroxyl groups is 1. The summed E-state index contributed by atoms with van der Waals surface area (Å²) >= 11 is 0. The Morgan fingerprint density at radius 3 is 2.22 bits per heavy atom. The molecule has 1 N–H and O–H groups in total. The first kappa shape index (κ1) is 24.5. The van der Waals surface area contributed by atoms with Gasteiger partial charge in [0.2, 0.25) is 6.04 Å². The number of hydrogen-bond acceptors (Lipinski definition) is 4. The summed E-state index contributed by atoms with van der Waals surface area (Å²) in [7, 11) is 0. The van der Waals surface area contributed by atoms with Gasteiger partial charge in [-0.25, -0.2) is 0 Å². The molecule has 148 valence electrons. The zero-order valence-electron chi connectivity index (χ0n) is 16.0. The Morgan fingerprint density at radius 2 is 1.56 bits per heavy atom. The molecule has 27 heavy (non-hydrogen) atoms. The second-order valence-electron chi connectivity index (χ2n) is 5.81. The van der Waals surface area contributed by atoms with Gasteiger partial charge in [0.1, 0.15) is 12.4 Å². The van der Waals surface area contributed by atoms with E-state index in [-0.39, 0.29) is 6.42 Å². The van der Waals surface area contributed by atoms with Crippen molar-refractivity contribution in [3.05, 3.63) is 83.0 Å². The van der Waals surface area contributed by atoms with Gasteiger partial charge >= 0.3 is 0 Å². The number of carbonyl (C=O) groups excluding carboxylic acids is 1. The number of aldehydes is 1. The molecule has 0 heterocycles. The van der Waals surface area contributed by atoms with E-state index in [1.807, 2.05) is 18.2 Å². The molecule has 2 unspecified atom stereocenters. The highest BCUT2D eigenvalue weighted by atomic mass is 16.6. The van der Waals surface area contributed by atoms with Crippen LogP contribution in [0.3, 0.4) is 0 Å². The van der Waals surface area contributed by atoms with Gasteiger partial charge in [-0.15, -0.1) is 0 Å². The number of allylic oxidation sites excluding steroid dienone is 10. The molecular formula is C22H31NO4. The Morgan fingerprint density at radius 1 is 0.889 bits per heavy atom. The quantitative estimate of drug-likeness (QED) is 0.111. The molecule has 0 aromatic rings. The number of rotatable bonds is 15. The van der Waals surface area contributed by atoms with Crippen molar-refractivity contribution in [2.75, 3.05) is 0 Å². The normalized spacial score (nSPS) is 15.2. The van der Waals surface area contributed by atoms with Gasteiger partial charge in [0.15, 0.2) is 0 Å². The molecule has 0 rings (SSSR count). The van der Waals surface area contributed by atoms with E-state index >= 15 is 0 Å². The maximum absolute atomic E-state index is 11.1. The molecule has 0 amide bonds.